The molecule has 0 radical (unpaired) electrons. The molecule has 1 aliphatic rings. The first-order valence-corrected chi connectivity index (χ1v) is 9.24. The summed E-state index contributed by atoms with van der Waals surface area (Å²) in [6.45, 7) is 6.95. The zero-order chi connectivity index (χ0) is 17.5. The Balaban J connectivity index is 2.40. The van der Waals surface area contributed by atoms with Crippen LogP contribution in [0.4, 0.5) is 0 Å². The van der Waals surface area contributed by atoms with Crippen molar-refractivity contribution >= 4 is 6.47 Å². The largest absolute Gasteiger partial charge is 0.507 e. The van der Waals surface area contributed by atoms with Crippen LogP contribution in [0.3, 0.4) is 0 Å². The van der Waals surface area contributed by atoms with E-state index in [-0.39, 0.29) is 11.7 Å². The first-order valence-electron chi connectivity index (χ1n) is 9.24. The first-order chi connectivity index (χ1) is 11.6. The van der Waals surface area contributed by atoms with Gasteiger partial charge in [0.2, 0.25) is 0 Å². The number of carbonyl (C=O) groups excluding carboxylic acids is 1. The van der Waals surface area contributed by atoms with Crippen molar-refractivity contribution in [2.45, 2.75) is 71.6 Å². The average molecular weight is 330 g/mol. The van der Waals surface area contributed by atoms with E-state index in [4.69, 9.17) is 4.74 Å². The summed E-state index contributed by atoms with van der Waals surface area (Å²) in [6.07, 6.45) is 9.80. The standard InChI is InChI=1S/C21H30O3/c1-4-6-7-8-16-12-19(23)21(20(13-16)24-14-22)18-11-15(3)9-10-17(18)5-2/h11-14,17-18,23H,4-10H2,1-3H3/t17-,18-/m1/s1. The van der Waals surface area contributed by atoms with Crippen molar-refractivity contribution in [2.75, 3.05) is 0 Å². The topological polar surface area (TPSA) is 46.5 Å². The minimum Gasteiger partial charge on any atom is -0.507 e. The molecule has 1 aromatic rings. The van der Waals surface area contributed by atoms with Crippen molar-refractivity contribution in [3.63, 3.8) is 0 Å². The molecule has 3 nitrogen and oxygen atoms in total. The lowest BCUT2D eigenvalue weighted by molar-refractivity contribution is -0.120. The van der Waals surface area contributed by atoms with Crippen LogP contribution in [0.5, 0.6) is 11.5 Å². The molecule has 0 amide bonds. The number of unbranched alkanes of at least 4 members (excludes halogenated alkanes) is 2. The molecule has 1 aromatic carbocycles. The maximum atomic E-state index is 11.0. The number of phenolic OH excluding ortho intramolecular Hbond substituents is 1. The SMILES string of the molecule is CCCCCc1cc(O)c([C@@H]2C=C(C)CC[C@H]2CC)c(OC=O)c1. The Labute approximate surface area is 145 Å². The second kappa shape index (κ2) is 8.91. The highest BCUT2D eigenvalue weighted by atomic mass is 16.5. The summed E-state index contributed by atoms with van der Waals surface area (Å²) < 4.78 is 5.28. The Morgan fingerprint density at radius 3 is 2.75 bits per heavy atom. The fourth-order valence-corrected chi connectivity index (χ4v) is 3.77. The van der Waals surface area contributed by atoms with Gasteiger partial charge in [0.05, 0.1) is 0 Å². The number of carbonyl (C=O) groups is 1. The number of benzene rings is 1. The van der Waals surface area contributed by atoms with E-state index in [0.717, 1.165) is 56.1 Å². The number of aryl methyl sites for hydroxylation is 1. The van der Waals surface area contributed by atoms with Crippen molar-refractivity contribution in [1.29, 1.82) is 0 Å². The van der Waals surface area contributed by atoms with Gasteiger partial charge in [0.25, 0.3) is 6.47 Å². The zero-order valence-electron chi connectivity index (χ0n) is 15.2. The van der Waals surface area contributed by atoms with Crippen molar-refractivity contribution in [2.24, 2.45) is 5.92 Å². The van der Waals surface area contributed by atoms with Gasteiger partial charge in [-0.2, -0.15) is 0 Å². The van der Waals surface area contributed by atoms with Gasteiger partial charge in [-0.3, -0.25) is 4.79 Å². The fourth-order valence-electron chi connectivity index (χ4n) is 3.77. The average Bonchev–Trinajstić information content (AvgIpc) is 2.55. The molecule has 1 N–H and O–H groups in total. The van der Waals surface area contributed by atoms with E-state index in [0.29, 0.717) is 18.1 Å². The van der Waals surface area contributed by atoms with Crippen LogP contribution in [0.15, 0.2) is 23.8 Å². The molecule has 0 spiro atoms. The molecule has 0 aliphatic heterocycles. The van der Waals surface area contributed by atoms with Crippen LogP contribution in [0.25, 0.3) is 0 Å². The summed E-state index contributed by atoms with van der Waals surface area (Å²) in [5, 5.41) is 10.7. The number of rotatable bonds is 8. The lowest BCUT2D eigenvalue weighted by Crippen LogP contribution is -2.16. The number of ether oxygens (including phenoxy) is 1. The quantitative estimate of drug-likeness (QED) is 0.388. The van der Waals surface area contributed by atoms with E-state index < -0.39 is 0 Å². The summed E-state index contributed by atoms with van der Waals surface area (Å²) in [6, 6.07) is 3.79. The molecule has 0 saturated carbocycles. The van der Waals surface area contributed by atoms with Crippen LogP contribution in [-0.4, -0.2) is 11.6 Å². The summed E-state index contributed by atoms with van der Waals surface area (Å²) in [5.41, 5.74) is 3.14. The monoisotopic (exact) mass is 330 g/mol. The number of allylic oxidation sites excluding steroid dienone is 2. The molecule has 0 bridgehead atoms. The van der Waals surface area contributed by atoms with Gasteiger partial charge in [-0.25, -0.2) is 0 Å². The first kappa shape index (κ1) is 18.6. The molecule has 2 atom stereocenters. The minimum absolute atomic E-state index is 0.114. The normalized spacial score (nSPS) is 20.5. The lowest BCUT2D eigenvalue weighted by Gasteiger charge is -2.30. The van der Waals surface area contributed by atoms with Crippen LogP contribution in [0.1, 0.15) is 76.3 Å². The second-order valence-corrected chi connectivity index (χ2v) is 6.94. The van der Waals surface area contributed by atoms with Crippen LogP contribution >= 0.6 is 0 Å². The van der Waals surface area contributed by atoms with Crippen molar-refractivity contribution in [1.82, 2.24) is 0 Å². The molecule has 0 aromatic heterocycles. The zero-order valence-corrected chi connectivity index (χ0v) is 15.2. The fraction of sp³-hybridized carbons (Fsp3) is 0.571. The Morgan fingerprint density at radius 1 is 1.29 bits per heavy atom. The van der Waals surface area contributed by atoms with E-state index in [2.05, 4.69) is 26.8 Å². The predicted octanol–water partition coefficient (Wildman–Crippen LogP) is 5.51. The predicted molar refractivity (Wildman–Crippen MR) is 97.5 cm³/mol. The summed E-state index contributed by atoms with van der Waals surface area (Å²) in [7, 11) is 0. The summed E-state index contributed by atoms with van der Waals surface area (Å²) >= 11 is 0. The molecule has 2 rings (SSSR count). The van der Waals surface area contributed by atoms with E-state index in [1.165, 1.54) is 5.57 Å². The van der Waals surface area contributed by atoms with Gasteiger partial charge in [-0.1, -0.05) is 44.8 Å². The Hall–Kier alpha value is -1.77. The van der Waals surface area contributed by atoms with E-state index in [9.17, 15) is 9.90 Å². The maximum absolute atomic E-state index is 11.0. The van der Waals surface area contributed by atoms with Crippen LogP contribution in [0.2, 0.25) is 0 Å². The third kappa shape index (κ3) is 4.40. The molecule has 0 fully saturated rings. The maximum Gasteiger partial charge on any atom is 0.298 e. The molecule has 0 unspecified atom stereocenters. The smallest absolute Gasteiger partial charge is 0.298 e. The highest BCUT2D eigenvalue weighted by Crippen LogP contribution is 2.45. The molecule has 1 aliphatic carbocycles. The van der Waals surface area contributed by atoms with Crippen LogP contribution in [0, 0.1) is 5.92 Å². The summed E-state index contributed by atoms with van der Waals surface area (Å²) in [4.78, 5) is 11.0. The third-order valence-corrected chi connectivity index (χ3v) is 5.16. The number of phenols is 1. The third-order valence-electron chi connectivity index (χ3n) is 5.16. The molecule has 0 heterocycles. The van der Waals surface area contributed by atoms with Gasteiger partial charge in [0, 0.05) is 11.5 Å². The second-order valence-electron chi connectivity index (χ2n) is 6.94. The van der Waals surface area contributed by atoms with E-state index in [1.807, 2.05) is 12.1 Å². The van der Waals surface area contributed by atoms with Gasteiger partial charge < -0.3 is 9.84 Å². The minimum atomic E-state index is 0.114. The Kier molecular flexibility index (Phi) is 6.89. The summed E-state index contributed by atoms with van der Waals surface area (Å²) in [5.74, 6) is 1.36. The van der Waals surface area contributed by atoms with Crippen molar-refractivity contribution in [3.05, 3.63) is 34.9 Å². The van der Waals surface area contributed by atoms with Gasteiger partial charge in [-0.15, -0.1) is 0 Å². The Bertz CT molecular complexity index is 589. The Morgan fingerprint density at radius 2 is 2.08 bits per heavy atom. The van der Waals surface area contributed by atoms with Crippen molar-refractivity contribution < 1.29 is 14.6 Å². The van der Waals surface area contributed by atoms with Crippen molar-refractivity contribution in [3.8, 4) is 11.5 Å². The van der Waals surface area contributed by atoms with E-state index in [1.54, 1.807) is 0 Å². The van der Waals surface area contributed by atoms with Gasteiger partial charge in [0.15, 0.2) is 0 Å². The molecular weight excluding hydrogens is 300 g/mol. The van der Waals surface area contributed by atoms with Crippen LogP contribution < -0.4 is 4.74 Å². The highest BCUT2D eigenvalue weighted by molar-refractivity contribution is 5.56. The lowest BCUT2D eigenvalue weighted by atomic mass is 9.75. The molecule has 3 heteroatoms. The number of aromatic hydroxyl groups is 1. The molecular formula is C21H30O3. The molecule has 0 saturated heterocycles. The number of hydrogen-bond acceptors (Lipinski definition) is 3. The van der Waals surface area contributed by atoms with Gasteiger partial charge in [-0.05, 0) is 56.2 Å². The molecule has 24 heavy (non-hydrogen) atoms. The molecule has 132 valence electrons. The van der Waals surface area contributed by atoms with Gasteiger partial charge >= 0.3 is 0 Å². The number of hydrogen-bond donors (Lipinski definition) is 1. The van der Waals surface area contributed by atoms with Gasteiger partial charge in [0.1, 0.15) is 11.5 Å². The van der Waals surface area contributed by atoms with E-state index >= 15 is 0 Å². The van der Waals surface area contributed by atoms with Crippen LogP contribution in [-0.2, 0) is 11.2 Å². The highest BCUT2D eigenvalue weighted by Gasteiger charge is 2.29.